The van der Waals surface area contributed by atoms with E-state index in [1.165, 1.54) is 17.4 Å². The summed E-state index contributed by atoms with van der Waals surface area (Å²) in [5.74, 6) is 0. The molecule has 0 saturated heterocycles. The summed E-state index contributed by atoms with van der Waals surface area (Å²) in [6.45, 7) is 2.04. The van der Waals surface area contributed by atoms with Crippen LogP contribution in [0, 0.1) is 6.92 Å². The van der Waals surface area contributed by atoms with Crippen molar-refractivity contribution in [2.75, 3.05) is 5.73 Å². The van der Waals surface area contributed by atoms with Crippen molar-refractivity contribution in [3.05, 3.63) is 38.8 Å². The third-order valence-corrected chi connectivity index (χ3v) is 5.56. The molecule has 5 nitrogen and oxygen atoms in total. The number of nitrogen functional groups attached to an aromatic ring is 1. The molecule has 0 atom stereocenters. The Labute approximate surface area is 124 Å². The number of benzene rings is 1. The first-order valence-electron chi connectivity index (χ1n) is 5.34. The van der Waals surface area contributed by atoms with Crippen molar-refractivity contribution in [1.82, 2.24) is 9.71 Å². The average molecular weight is 362 g/mol. The van der Waals surface area contributed by atoms with Gasteiger partial charge in [0.15, 0.2) is 0 Å². The second-order valence-corrected chi connectivity index (χ2v) is 7.52. The summed E-state index contributed by atoms with van der Waals surface area (Å²) in [4.78, 5) is 4.36. The smallest absolute Gasteiger partial charge is 0.242 e. The van der Waals surface area contributed by atoms with Gasteiger partial charge >= 0.3 is 0 Å². The molecule has 0 amide bonds. The van der Waals surface area contributed by atoms with E-state index in [0.29, 0.717) is 15.9 Å². The first-order valence-corrected chi connectivity index (χ1v) is 8.50. The number of anilines is 1. The standard InChI is InChI=1S/C11H12BrN3O2S2/c1-7-15-9(6-18-7)5-14-19(16,17)11-3-2-8(13)4-10(11)12/h2-4,6,14H,5,13H2,1H3. The molecule has 1 heterocycles. The highest BCUT2D eigenvalue weighted by molar-refractivity contribution is 9.10. The van der Waals surface area contributed by atoms with Crippen LogP contribution >= 0.6 is 27.3 Å². The summed E-state index contributed by atoms with van der Waals surface area (Å²) in [7, 11) is -3.58. The molecule has 8 heteroatoms. The SMILES string of the molecule is Cc1nc(CNS(=O)(=O)c2ccc(N)cc2Br)cs1. The van der Waals surface area contributed by atoms with Gasteiger partial charge in [-0.25, -0.2) is 18.1 Å². The number of rotatable bonds is 4. The van der Waals surface area contributed by atoms with Crippen LogP contribution in [0.5, 0.6) is 0 Å². The molecule has 0 fully saturated rings. The van der Waals surface area contributed by atoms with E-state index >= 15 is 0 Å². The zero-order valence-electron chi connectivity index (χ0n) is 10.1. The lowest BCUT2D eigenvalue weighted by Crippen LogP contribution is -2.23. The monoisotopic (exact) mass is 361 g/mol. The van der Waals surface area contributed by atoms with Gasteiger partial charge in [-0.3, -0.25) is 0 Å². The van der Waals surface area contributed by atoms with E-state index in [2.05, 4.69) is 25.6 Å². The largest absolute Gasteiger partial charge is 0.399 e. The van der Waals surface area contributed by atoms with Gasteiger partial charge in [-0.05, 0) is 41.1 Å². The molecule has 0 aliphatic rings. The van der Waals surface area contributed by atoms with Gasteiger partial charge in [-0.1, -0.05) is 0 Å². The Morgan fingerprint density at radius 3 is 2.79 bits per heavy atom. The number of nitrogens with one attached hydrogen (secondary N) is 1. The van der Waals surface area contributed by atoms with E-state index in [4.69, 9.17) is 5.73 Å². The number of thiazole rings is 1. The molecule has 0 aliphatic heterocycles. The first-order chi connectivity index (χ1) is 8.88. The number of sulfonamides is 1. The minimum absolute atomic E-state index is 0.161. The third-order valence-electron chi connectivity index (χ3n) is 2.36. The zero-order valence-corrected chi connectivity index (χ0v) is 13.3. The molecule has 0 bridgehead atoms. The summed E-state index contributed by atoms with van der Waals surface area (Å²) in [6.07, 6.45) is 0. The Hall–Kier alpha value is -0.960. The van der Waals surface area contributed by atoms with Crippen molar-refractivity contribution in [3.8, 4) is 0 Å². The summed E-state index contributed by atoms with van der Waals surface area (Å²) in [6, 6.07) is 4.57. The highest BCUT2D eigenvalue weighted by Gasteiger charge is 2.17. The summed E-state index contributed by atoms with van der Waals surface area (Å²) in [5, 5.41) is 2.73. The van der Waals surface area contributed by atoms with Gasteiger partial charge in [0, 0.05) is 15.5 Å². The average Bonchev–Trinajstić information content (AvgIpc) is 2.72. The lowest BCUT2D eigenvalue weighted by molar-refractivity contribution is 0.580. The third kappa shape index (κ3) is 3.53. The van der Waals surface area contributed by atoms with Gasteiger partial charge in [0.25, 0.3) is 0 Å². The second-order valence-electron chi connectivity index (χ2n) is 3.87. The van der Waals surface area contributed by atoms with Crippen LogP contribution in [0.15, 0.2) is 32.9 Å². The second kappa shape index (κ2) is 5.58. The van der Waals surface area contributed by atoms with Crippen molar-refractivity contribution < 1.29 is 8.42 Å². The number of nitrogens with two attached hydrogens (primary N) is 1. The van der Waals surface area contributed by atoms with Crippen LogP contribution in [0.2, 0.25) is 0 Å². The normalized spacial score (nSPS) is 11.7. The maximum absolute atomic E-state index is 12.1. The Kier molecular flexibility index (Phi) is 4.24. The molecular weight excluding hydrogens is 350 g/mol. The summed E-state index contributed by atoms with van der Waals surface area (Å²) < 4.78 is 27.2. The number of hydrogen-bond acceptors (Lipinski definition) is 5. The van der Waals surface area contributed by atoms with E-state index in [1.807, 2.05) is 12.3 Å². The molecule has 0 spiro atoms. The molecule has 0 saturated carbocycles. The zero-order chi connectivity index (χ0) is 14.0. The Bertz CT molecular complexity index is 698. The number of halogens is 1. The van der Waals surface area contributed by atoms with Crippen LogP contribution in [0.1, 0.15) is 10.7 Å². The summed E-state index contributed by atoms with van der Waals surface area (Å²) in [5.41, 5.74) is 6.79. The van der Waals surface area contributed by atoms with Crippen molar-refractivity contribution in [2.45, 2.75) is 18.4 Å². The van der Waals surface area contributed by atoms with Crippen LogP contribution in [-0.4, -0.2) is 13.4 Å². The fourth-order valence-corrected chi connectivity index (χ4v) is 4.18. The molecule has 0 aliphatic carbocycles. The van der Waals surface area contributed by atoms with E-state index < -0.39 is 10.0 Å². The predicted molar refractivity (Wildman–Crippen MR) is 79.4 cm³/mol. The fourth-order valence-electron chi connectivity index (χ4n) is 1.47. The molecule has 102 valence electrons. The van der Waals surface area contributed by atoms with Gasteiger partial charge in [-0.15, -0.1) is 11.3 Å². The number of nitrogens with zero attached hydrogens (tertiary/aromatic N) is 1. The van der Waals surface area contributed by atoms with Gasteiger partial charge in [0.05, 0.1) is 22.1 Å². The molecule has 1 aromatic heterocycles. The highest BCUT2D eigenvalue weighted by Crippen LogP contribution is 2.24. The predicted octanol–water partition coefficient (Wildman–Crippen LogP) is 2.27. The molecule has 0 radical (unpaired) electrons. The molecule has 0 unspecified atom stereocenters. The van der Waals surface area contributed by atoms with Crippen LogP contribution in [0.3, 0.4) is 0 Å². The topological polar surface area (TPSA) is 85.1 Å². The molecule has 2 rings (SSSR count). The first kappa shape index (κ1) is 14.4. The quantitative estimate of drug-likeness (QED) is 0.818. The lowest BCUT2D eigenvalue weighted by Gasteiger charge is -2.08. The Morgan fingerprint density at radius 1 is 1.47 bits per heavy atom. The van der Waals surface area contributed by atoms with Crippen molar-refractivity contribution in [3.63, 3.8) is 0 Å². The minimum atomic E-state index is -3.58. The van der Waals surface area contributed by atoms with Crippen LogP contribution < -0.4 is 10.5 Å². The lowest BCUT2D eigenvalue weighted by atomic mass is 10.3. The van der Waals surface area contributed by atoms with Gasteiger partial charge in [-0.2, -0.15) is 0 Å². The summed E-state index contributed by atoms with van der Waals surface area (Å²) >= 11 is 4.68. The number of aryl methyl sites for hydroxylation is 1. The Morgan fingerprint density at radius 2 is 2.21 bits per heavy atom. The van der Waals surface area contributed by atoms with E-state index in [9.17, 15) is 8.42 Å². The van der Waals surface area contributed by atoms with Gasteiger partial charge in [0.1, 0.15) is 0 Å². The maximum Gasteiger partial charge on any atom is 0.242 e. The van der Waals surface area contributed by atoms with Crippen LogP contribution in [0.4, 0.5) is 5.69 Å². The van der Waals surface area contributed by atoms with Gasteiger partial charge < -0.3 is 5.73 Å². The molecular formula is C11H12BrN3O2S2. The molecule has 2 aromatic rings. The minimum Gasteiger partial charge on any atom is -0.399 e. The van der Waals surface area contributed by atoms with E-state index in [0.717, 1.165) is 5.01 Å². The number of hydrogen-bond donors (Lipinski definition) is 2. The maximum atomic E-state index is 12.1. The fraction of sp³-hybridized carbons (Fsp3) is 0.182. The molecule has 3 N–H and O–H groups in total. The van der Waals surface area contributed by atoms with Crippen molar-refractivity contribution >= 4 is 43.0 Å². The van der Waals surface area contributed by atoms with Crippen LogP contribution in [0.25, 0.3) is 0 Å². The molecule has 19 heavy (non-hydrogen) atoms. The van der Waals surface area contributed by atoms with Crippen molar-refractivity contribution in [2.24, 2.45) is 0 Å². The van der Waals surface area contributed by atoms with Crippen LogP contribution in [-0.2, 0) is 16.6 Å². The number of aromatic nitrogens is 1. The highest BCUT2D eigenvalue weighted by atomic mass is 79.9. The molecule has 1 aromatic carbocycles. The van der Waals surface area contributed by atoms with E-state index in [1.54, 1.807) is 12.1 Å². The Balaban J connectivity index is 2.18. The van der Waals surface area contributed by atoms with E-state index in [-0.39, 0.29) is 11.4 Å². The van der Waals surface area contributed by atoms with Gasteiger partial charge in [0.2, 0.25) is 10.0 Å². The van der Waals surface area contributed by atoms with Crippen molar-refractivity contribution in [1.29, 1.82) is 0 Å².